The number of aliphatic hydroxyl groups is 1. The van der Waals surface area contributed by atoms with Crippen molar-refractivity contribution in [3.63, 3.8) is 0 Å². The standard InChI is InChI=1S/C17H25NO3/c1-11-3-5-14(12(2)7-11)18-9-15(19)13-4-6-16-17(8-13)21-10-20-16/h4,6,8,11-12,14-15,18-19H,3,5,7,9-10H2,1-2H3. The van der Waals surface area contributed by atoms with Gasteiger partial charge in [-0.15, -0.1) is 0 Å². The van der Waals surface area contributed by atoms with Gasteiger partial charge in [0, 0.05) is 12.6 Å². The third-order valence-corrected chi connectivity index (χ3v) is 4.79. The first kappa shape index (κ1) is 14.7. The van der Waals surface area contributed by atoms with E-state index in [-0.39, 0.29) is 6.79 Å². The molecule has 0 aromatic heterocycles. The van der Waals surface area contributed by atoms with Crippen LogP contribution >= 0.6 is 0 Å². The van der Waals surface area contributed by atoms with Crippen LogP contribution in [0.4, 0.5) is 0 Å². The Bertz CT molecular complexity index is 491. The highest BCUT2D eigenvalue weighted by molar-refractivity contribution is 5.45. The number of hydrogen-bond donors (Lipinski definition) is 2. The number of aliphatic hydroxyl groups excluding tert-OH is 1. The van der Waals surface area contributed by atoms with E-state index in [1.54, 1.807) is 0 Å². The fourth-order valence-electron chi connectivity index (χ4n) is 3.47. The number of nitrogens with one attached hydrogen (secondary N) is 1. The Morgan fingerprint density at radius 3 is 2.86 bits per heavy atom. The zero-order valence-electron chi connectivity index (χ0n) is 12.8. The topological polar surface area (TPSA) is 50.7 Å². The van der Waals surface area contributed by atoms with Gasteiger partial charge in [0.15, 0.2) is 11.5 Å². The van der Waals surface area contributed by atoms with Crippen LogP contribution in [0, 0.1) is 11.8 Å². The lowest BCUT2D eigenvalue weighted by atomic mass is 9.80. The van der Waals surface area contributed by atoms with Crippen LogP contribution in [-0.2, 0) is 0 Å². The molecule has 0 radical (unpaired) electrons. The molecule has 2 aliphatic rings. The van der Waals surface area contributed by atoms with Gasteiger partial charge in [-0.3, -0.25) is 0 Å². The van der Waals surface area contributed by atoms with Crippen LogP contribution in [0.5, 0.6) is 11.5 Å². The van der Waals surface area contributed by atoms with Gasteiger partial charge < -0.3 is 19.9 Å². The van der Waals surface area contributed by atoms with E-state index < -0.39 is 6.10 Å². The van der Waals surface area contributed by atoms with Gasteiger partial charge in [0.05, 0.1) is 6.10 Å². The van der Waals surface area contributed by atoms with Crippen LogP contribution in [0.1, 0.15) is 44.8 Å². The van der Waals surface area contributed by atoms with Gasteiger partial charge in [0.1, 0.15) is 0 Å². The molecular formula is C17H25NO3. The summed E-state index contributed by atoms with van der Waals surface area (Å²) in [6, 6.07) is 6.17. The van der Waals surface area contributed by atoms with Crippen molar-refractivity contribution in [1.82, 2.24) is 5.32 Å². The van der Waals surface area contributed by atoms with E-state index in [9.17, 15) is 5.11 Å². The number of hydrogen-bond acceptors (Lipinski definition) is 4. The summed E-state index contributed by atoms with van der Waals surface area (Å²) in [5.41, 5.74) is 0.878. The molecule has 1 aliphatic heterocycles. The van der Waals surface area contributed by atoms with Gasteiger partial charge in [-0.05, 0) is 48.8 Å². The second kappa shape index (κ2) is 6.24. The Morgan fingerprint density at radius 2 is 2.05 bits per heavy atom. The molecule has 4 nitrogen and oxygen atoms in total. The van der Waals surface area contributed by atoms with E-state index in [1.807, 2.05) is 18.2 Å². The normalized spacial score (nSPS) is 29.4. The lowest BCUT2D eigenvalue weighted by Gasteiger charge is -2.33. The Kier molecular flexibility index (Phi) is 4.36. The van der Waals surface area contributed by atoms with Gasteiger partial charge in [0.2, 0.25) is 6.79 Å². The zero-order chi connectivity index (χ0) is 14.8. The molecule has 1 aliphatic carbocycles. The molecule has 0 saturated heterocycles. The average molecular weight is 291 g/mol. The minimum absolute atomic E-state index is 0.269. The summed E-state index contributed by atoms with van der Waals surface area (Å²) in [7, 11) is 0. The predicted octanol–water partition coefficient (Wildman–Crippen LogP) is 2.86. The van der Waals surface area contributed by atoms with E-state index >= 15 is 0 Å². The molecule has 2 N–H and O–H groups in total. The molecular weight excluding hydrogens is 266 g/mol. The van der Waals surface area contributed by atoms with Gasteiger partial charge in [-0.25, -0.2) is 0 Å². The fraction of sp³-hybridized carbons (Fsp3) is 0.647. The van der Waals surface area contributed by atoms with Crippen molar-refractivity contribution in [3.8, 4) is 11.5 Å². The Balaban J connectivity index is 1.55. The third kappa shape index (κ3) is 3.33. The van der Waals surface area contributed by atoms with Crippen molar-refractivity contribution in [2.24, 2.45) is 11.8 Å². The minimum Gasteiger partial charge on any atom is -0.454 e. The van der Waals surface area contributed by atoms with Crippen molar-refractivity contribution in [2.75, 3.05) is 13.3 Å². The minimum atomic E-state index is -0.508. The lowest BCUT2D eigenvalue weighted by molar-refractivity contribution is 0.150. The van der Waals surface area contributed by atoms with Crippen molar-refractivity contribution < 1.29 is 14.6 Å². The number of fused-ring (bicyclic) bond motifs is 1. The Labute approximate surface area is 126 Å². The first-order chi connectivity index (χ1) is 10.1. The van der Waals surface area contributed by atoms with Crippen LogP contribution in [0.25, 0.3) is 0 Å². The fourth-order valence-corrected chi connectivity index (χ4v) is 3.47. The molecule has 0 amide bonds. The van der Waals surface area contributed by atoms with Gasteiger partial charge >= 0.3 is 0 Å². The van der Waals surface area contributed by atoms with E-state index in [1.165, 1.54) is 19.3 Å². The maximum Gasteiger partial charge on any atom is 0.231 e. The summed E-state index contributed by atoms with van der Waals surface area (Å²) in [4.78, 5) is 0. The highest BCUT2D eigenvalue weighted by atomic mass is 16.7. The summed E-state index contributed by atoms with van der Waals surface area (Å²) < 4.78 is 10.7. The molecule has 1 aromatic carbocycles. The molecule has 0 bridgehead atoms. The second-order valence-electron chi connectivity index (χ2n) is 6.54. The molecule has 21 heavy (non-hydrogen) atoms. The molecule has 4 unspecified atom stereocenters. The molecule has 3 rings (SSSR count). The molecule has 1 aromatic rings. The van der Waals surface area contributed by atoms with Gasteiger partial charge in [-0.1, -0.05) is 19.9 Å². The van der Waals surface area contributed by atoms with Crippen LogP contribution < -0.4 is 14.8 Å². The summed E-state index contributed by atoms with van der Waals surface area (Å²) in [6.45, 7) is 5.49. The monoisotopic (exact) mass is 291 g/mol. The molecule has 1 heterocycles. The van der Waals surface area contributed by atoms with E-state index in [0.29, 0.717) is 18.5 Å². The number of benzene rings is 1. The van der Waals surface area contributed by atoms with Crippen LogP contribution in [-0.4, -0.2) is 24.5 Å². The van der Waals surface area contributed by atoms with Crippen LogP contribution in [0.2, 0.25) is 0 Å². The number of ether oxygens (including phenoxy) is 2. The van der Waals surface area contributed by atoms with Crippen molar-refractivity contribution in [2.45, 2.75) is 45.3 Å². The van der Waals surface area contributed by atoms with Crippen molar-refractivity contribution >= 4 is 0 Å². The SMILES string of the molecule is CC1CCC(NCC(O)c2ccc3c(c2)OCO3)C(C)C1. The molecule has 116 valence electrons. The highest BCUT2D eigenvalue weighted by Gasteiger charge is 2.25. The predicted molar refractivity (Wildman–Crippen MR) is 81.5 cm³/mol. The Morgan fingerprint density at radius 1 is 1.24 bits per heavy atom. The molecule has 1 saturated carbocycles. The van der Waals surface area contributed by atoms with Crippen LogP contribution in [0.3, 0.4) is 0 Å². The highest BCUT2D eigenvalue weighted by Crippen LogP contribution is 2.34. The first-order valence-electron chi connectivity index (χ1n) is 7.94. The van der Waals surface area contributed by atoms with Crippen molar-refractivity contribution in [3.05, 3.63) is 23.8 Å². The molecule has 4 atom stereocenters. The van der Waals surface area contributed by atoms with Crippen molar-refractivity contribution in [1.29, 1.82) is 0 Å². The summed E-state index contributed by atoms with van der Waals surface area (Å²) in [5.74, 6) is 3.00. The van der Waals surface area contributed by atoms with Gasteiger partial charge in [0.25, 0.3) is 0 Å². The van der Waals surface area contributed by atoms with Crippen LogP contribution in [0.15, 0.2) is 18.2 Å². The third-order valence-electron chi connectivity index (χ3n) is 4.79. The van der Waals surface area contributed by atoms with E-state index in [2.05, 4.69) is 19.2 Å². The van der Waals surface area contributed by atoms with E-state index in [4.69, 9.17) is 9.47 Å². The quantitative estimate of drug-likeness (QED) is 0.895. The summed E-state index contributed by atoms with van der Waals surface area (Å²) in [6.07, 6.45) is 3.25. The second-order valence-corrected chi connectivity index (χ2v) is 6.54. The summed E-state index contributed by atoms with van der Waals surface area (Å²) >= 11 is 0. The first-order valence-corrected chi connectivity index (χ1v) is 7.94. The molecule has 4 heteroatoms. The molecule has 0 spiro atoms. The Hall–Kier alpha value is -1.26. The largest absolute Gasteiger partial charge is 0.454 e. The zero-order valence-corrected chi connectivity index (χ0v) is 12.8. The summed E-state index contributed by atoms with van der Waals surface area (Å²) in [5, 5.41) is 13.9. The van der Waals surface area contributed by atoms with Gasteiger partial charge in [-0.2, -0.15) is 0 Å². The smallest absolute Gasteiger partial charge is 0.231 e. The average Bonchev–Trinajstić information content (AvgIpc) is 2.93. The lowest BCUT2D eigenvalue weighted by Crippen LogP contribution is -2.40. The van der Waals surface area contributed by atoms with E-state index in [0.717, 1.165) is 23.0 Å². The number of rotatable bonds is 4. The molecule has 1 fully saturated rings. The maximum atomic E-state index is 10.4. The maximum absolute atomic E-state index is 10.4.